The summed E-state index contributed by atoms with van der Waals surface area (Å²) in [7, 11) is 1.91. The maximum absolute atomic E-state index is 11.8. The molecule has 6 heteroatoms. The van der Waals surface area contributed by atoms with Crippen molar-refractivity contribution in [1.29, 1.82) is 0 Å². The number of rotatable bonds is 8. The first-order chi connectivity index (χ1) is 10.1. The summed E-state index contributed by atoms with van der Waals surface area (Å²) in [5.74, 6) is 0.495. The summed E-state index contributed by atoms with van der Waals surface area (Å²) in [4.78, 5) is 12.9. The molecule has 2 rings (SSSR count). The second-order valence-corrected chi connectivity index (χ2v) is 6.95. The molecular formula is C15H25N3O2S. The number of aromatic nitrogens is 2. The van der Waals surface area contributed by atoms with E-state index < -0.39 is 11.5 Å². The molecule has 5 nitrogen and oxygen atoms in total. The zero-order valence-electron chi connectivity index (χ0n) is 12.8. The molecular weight excluding hydrogens is 286 g/mol. The van der Waals surface area contributed by atoms with Crippen LogP contribution in [-0.2, 0) is 11.8 Å². The number of hydrogen-bond donors (Lipinski definition) is 2. The van der Waals surface area contributed by atoms with E-state index in [1.54, 1.807) is 16.4 Å². The summed E-state index contributed by atoms with van der Waals surface area (Å²) in [6.07, 6.45) is 8.53. The van der Waals surface area contributed by atoms with Crippen molar-refractivity contribution in [3.05, 3.63) is 12.4 Å². The number of aryl methyl sites for hydroxylation is 1. The number of thioether (sulfide) groups is 1. The van der Waals surface area contributed by atoms with Gasteiger partial charge in [0.2, 0.25) is 0 Å². The molecule has 1 fully saturated rings. The van der Waals surface area contributed by atoms with Gasteiger partial charge in [-0.1, -0.05) is 13.3 Å². The van der Waals surface area contributed by atoms with Crippen LogP contribution >= 0.6 is 11.8 Å². The van der Waals surface area contributed by atoms with Crippen LogP contribution in [0.4, 0.5) is 0 Å². The van der Waals surface area contributed by atoms with Gasteiger partial charge in [0.05, 0.1) is 6.20 Å². The lowest BCUT2D eigenvalue weighted by molar-refractivity contribution is -0.146. The smallest absolute Gasteiger partial charge is 0.324 e. The lowest BCUT2D eigenvalue weighted by Gasteiger charge is -2.32. The number of nitrogens with zero attached hydrogens (tertiary/aromatic N) is 2. The number of carboxylic acids is 1. The van der Waals surface area contributed by atoms with Crippen LogP contribution in [0.5, 0.6) is 0 Å². The molecule has 1 saturated carbocycles. The first kappa shape index (κ1) is 16.4. The van der Waals surface area contributed by atoms with Crippen molar-refractivity contribution in [2.24, 2.45) is 13.0 Å². The molecule has 1 aromatic heterocycles. The van der Waals surface area contributed by atoms with Crippen molar-refractivity contribution in [2.75, 3.05) is 12.3 Å². The molecule has 2 atom stereocenters. The number of hydrogen-bond acceptors (Lipinski definition) is 4. The van der Waals surface area contributed by atoms with Gasteiger partial charge in [-0.25, -0.2) is 0 Å². The largest absolute Gasteiger partial charge is 0.480 e. The van der Waals surface area contributed by atoms with Crippen molar-refractivity contribution < 1.29 is 9.90 Å². The molecule has 0 radical (unpaired) electrons. The quantitative estimate of drug-likeness (QED) is 0.722. The van der Waals surface area contributed by atoms with Crippen LogP contribution in [-0.4, -0.2) is 38.7 Å². The van der Waals surface area contributed by atoms with E-state index in [2.05, 4.69) is 17.3 Å². The minimum Gasteiger partial charge on any atom is -0.480 e. The first-order valence-corrected chi connectivity index (χ1v) is 8.67. The Hall–Kier alpha value is -1.01. The summed E-state index contributed by atoms with van der Waals surface area (Å²) in [6.45, 7) is 2.85. The third-order valence-electron chi connectivity index (χ3n) is 4.31. The average molecular weight is 311 g/mol. The van der Waals surface area contributed by atoms with Gasteiger partial charge in [0.15, 0.2) is 0 Å². The third-order valence-corrected chi connectivity index (χ3v) is 5.29. The van der Waals surface area contributed by atoms with Gasteiger partial charge in [-0.3, -0.25) is 9.48 Å². The molecule has 0 bridgehead atoms. The number of carboxylic acid groups (broad SMARTS) is 1. The van der Waals surface area contributed by atoms with E-state index in [9.17, 15) is 9.90 Å². The van der Waals surface area contributed by atoms with E-state index in [1.807, 2.05) is 19.4 Å². The van der Waals surface area contributed by atoms with Gasteiger partial charge >= 0.3 is 5.97 Å². The third kappa shape index (κ3) is 3.80. The van der Waals surface area contributed by atoms with Crippen molar-refractivity contribution >= 4 is 17.7 Å². The molecule has 0 aromatic carbocycles. The van der Waals surface area contributed by atoms with Crippen LogP contribution in [0.3, 0.4) is 0 Å². The molecule has 1 aliphatic rings. The van der Waals surface area contributed by atoms with Crippen molar-refractivity contribution in [3.63, 3.8) is 0 Å². The van der Waals surface area contributed by atoms with Gasteiger partial charge in [0.25, 0.3) is 0 Å². The number of carbonyl (C=O) groups is 1. The van der Waals surface area contributed by atoms with Gasteiger partial charge < -0.3 is 10.4 Å². The van der Waals surface area contributed by atoms with Crippen molar-refractivity contribution in [1.82, 2.24) is 15.1 Å². The first-order valence-electron chi connectivity index (χ1n) is 7.68. The normalized spacial score (nSPS) is 25.3. The summed E-state index contributed by atoms with van der Waals surface area (Å²) in [6, 6.07) is 0. The molecule has 2 N–H and O–H groups in total. The predicted octanol–water partition coefficient (Wildman–Crippen LogP) is 2.53. The Balaban J connectivity index is 1.91. The maximum atomic E-state index is 11.8. The molecule has 1 heterocycles. The highest BCUT2D eigenvalue weighted by molar-refractivity contribution is 7.99. The molecule has 0 aliphatic heterocycles. The van der Waals surface area contributed by atoms with Gasteiger partial charge in [-0.2, -0.15) is 5.10 Å². The Morgan fingerprint density at radius 2 is 2.48 bits per heavy atom. The van der Waals surface area contributed by atoms with Gasteiger partial charge in [-0.15, -0.1) is 11.8 Å². The van der Waals surface area contributed by atoms with Crippen molar-refractivity contribution in [2.45, 2.75) is 49.5 Å². The monoisotopic (exact) mass is 311 g/mol. The fourth-order valence-electron chi connectivity index (χ4n) is 3.20. The highest BCUT2D eigenvalue weighted by atomic mass is 32.2. The topological polar surface area (TPSA) is 67.2 Å². The lowest BCUT2D eigenvalue weighted by Crippen LogP contribution is -2.55. The molecule has 21 heavy (non-hydrogen) atoms. The molecule has 1 aromatic rings. The highest BCUT2D eigenvalue weighted by Gasteiger charge is 2.48. The summed E-state index contributed by atoms with van der Waals surface area (Å²) in [5.41, 5.74) is -0.703. The zero-order valence-corrected chi connectivity index (χ0v) is 13.7. The summed E-state index contributed by atoms with van der Waals surface area (Å²) >= 11 is 1.76. The predicted molar refractivity (Wildman–Crippen MR) is 84.6 cm³/mol. The van der Waals surface area contributed by atoms with Gasteiger partial charge in [0, 0.05) is 18.1 Å². The molecule has 0 saturated heterocycles. The molecule has 1 aliphatic carbocycles. The molecule has 118 valence electrons. The van der Waals surface area contributed by atoms with Gasteiger partial charge in [-0.05, 0) is 43.9 Å². The van der Waals surface area contributed by atoms with E-state index in [-0.39, 0.29) is 5.92 Å². The Bertz CT molecular complexity index is 477. The minimum atomic E-state index is -0.703. The maximum Gasteiger partial charge on any atom is 0.324 e. The van der Waals surface area contributed by atoms with Crippen LogP contribution in [0.15, 0.2) is 17.3 Å². The van der Waals surface area contributed by atoms with E-state index >= 15 is 0 Å². The van der Waals surface area contributed by atoms with Crippen LogP contribution in [0, 0.1) is 5.92 Å². The van der Waals surface area contributed by atoms with Gasteiger partial charge in [0.1, 0.15) is 5.54 Å². The lowest BCUT2D eigenvalue weighted by atomic mass is 9.85. The molecule has 2 unspecified atom stereocenters. The summed E-state index contributed by atoms with van der Waals surface area (Å²) < 4.78 is 1.79. The van der Waals surface area contributed by atoms with Crippen LogP contribution in [0.25, 0.3) is 0 Å². The van der Waals surface area contributed by atoms with Crippen molar-refractivity contribution in [3.8, 4) is 0 Å². The second-order valence-electron chi connectivity index (χ2n) is 5.78. The fourth-order valence-corrected chi connectivity index (χ4v) is 4.19. The Morgan fingerprint density at radius 3 is 3.10 bits per heavy atom. The number of aliphatic carboxylic acids is 1. The molecule has 0 spiro atoms. The highest BCUT2D eigenvalue weighted by Crippen LogP contribution is 2.39. The fraction of sp³-hybridized carbons (Fsp3) is 0.733. The van der Waals surface area contributed by atoms with Crippen LogP contribution in [0.2, 0.25) is 0 Å². The Morgan fingerprint density at radius 1 is 1.67 bits per heavy atom. The summed E-state index contributed by atoms with van der Waals surface area (Å²) in [5, 5.41) is 17.2. The molecule has 0 amide bonds. The minimum absolute atomic E-state index is 0.228. The van der Waals surface area contributed by atoms with E-state index in [0.717, 1.165) is 49.3 Å². The standard InChI is InChI=1S/C15H25N3O2S/c1-3-8-16-15(14(19)20)7-4-5-12(15)6-9-21-13-10-17-18(2)11-13/h10-12,16H,3-9H2,1-2H3,(H,19,20). The van der Waals surface area contributed by atoms with E-state index in [1.165, 1.54) is 0 Å². The number of nitrogens with one attached hydrogen (secondary N) is 1. The SMILES string of the molecule is CCCNC1(C(=O)O)CCCC1CCSc1cnn(C)c1. The van der Waals surface area contributed by atoms with E-state index in [0.29, 0.717) is 0 Å². The Labute approximate surface area is 130 Å². The Kier molecular flexibility index (Phi) is 5.70. The second kappa shape index (κ2) is 7.31. The van der Waals surface area contributed by atoms with E-state index in [4.69, 9.17) is 0 Å². The van der Waals surface area contributed by atoms with Crippen LogP contribution in [0.1, 0.15) is 39.0 Å². The van der Waals surface area contributed by atoms with Crippen LogP contribution < -0.4 is 5.32 Å². The zero-order chi connectivity index (χ0) is 15.3. The average Bonchev–Trinajstić information content (AvgIpc) is 3.04.